The van der Waals surface area contributed by atoms with Crippen molar-refractivity contribution in [3.05, 3.63) is 70.3 Å². The Morgan fingerprint density at radius 2 is 2.07 bits per heavy atom. The van der Waals surface area contributed by atoms with Crippen molar-refractivity contribution in [2.24, 2.45) is 5.73 Å². The molecule has 0 saturated carbocycles. The quantitative estimate of drug-likeness (QED) is 0.618. The van der Waals surface area contributed by atoms with Crippen molar-refractivity contribution in [3.63, 3.8) is 0 Å². The molecule has 29 heavy (non-hydrogen) atoms. The second kappa shape index (κ2) is 7.94. The van der Waals surface area contributed by atoms with Gasteiger partial charge in [0.15, 0.2) is 0 Å². The largest absolute Gasteiger partial charge is 0.483 e. The fourth-order valence-electron chi connectivity index (χ4n) is 4.70. The summed E-state index contributed by atoms with van der Waals surface area (Å²) in [6.45, 7) is 2.02. The van der Waals surface area contributed by atoms with E-state index in [0.717, 1.165) is 53.8 Å². The van der Waals surface area contributed by atoms with Gasteiger partial charge >= 0.3 is 0 Å². The number of H-pyrrole nitrogens is 1. The number of ether oxygens (including phenoxy) is 1. The van der Waals surface area contributed by atoms with E-state index in [4.69, 9.17) is 10.5 Å². The number of aromatic nitrogens is 2. The molecule has 2 aromatic carbocycles. The van der Waals surface area contributed by atoms with E-state index in [1.165, 1.54) is 11.1 Å². The van der Waals surface area contributed by atoms with Gasteiger partial charge in [0, 0.05) is 28.8 Å². The zero-order valence-electron chi connectivity index (χ0n) is 16.2. The number of likely N-dealkylation sites (tertiary alicyclic amines) is 1. The number of nitrogens with two attached hydrogens (primary N) is 1. The maximum atomic E-state index is 6.76. The molecule has 1 aromatic heterocycles. The molecular formula is C23H25BrN4O. The van der Waals surface area contributed by atoms with E-state index in [-0.39, 0.29) is 12.1 Å². The monoisotopic (exact) mass is 452 g/mol. The van der Waals surface area contributed by atoms with Crippen molar-refractivity contribution < 1.29 is 4.74 Å². The number of aromatic amines is 1. The van der Waals surface area contributed by atoms with Crippen molar-refractivity contribution in [1.29, 1.82) is 0 Å². The molecule has 1 aliphatic heterocycles. The zero-order valence-corrected chi connectivity index (χ0v) is 17.8. The summed E-state index contributed by atoms with van der Waals surface area (Å²) < 4.78 is 7.78. The van der Waals surface area contributed by atoms with Crippen LogP contribution >= 0.6 is 15.9 Å². The maximum Gasteiger partial charge on any atom is 0.140 e. The number of nitrogens with zero attached hydrogens (tertiary/aromatic N) is 2. The molecule has 2 aliphatic rings. The molecule has 0 radical (unpaired) electrons. The van der Waals surface area contributed by atoms with Gasteiger partial charge in [0.1, 0.15) is 11.9 Å². The summed E-state index contributed by atoms with van der Waals surface area (Å²) in [5.74, 6) is 0.866. The first-order chi connectivity index (χ1) is 14.2. The molecule has 2 heterocycles. The minimum absolute atomic E-state index is 0.0145. The van der Waals surface area contributed by atoms with E-state index in [0.29, 0.717) is 6.04 Å². The van der Waals surface area contributed by atoms with Crippen LogP contribution in [0.1, 0.15) is 30.1 Å². The summed E-state index contributed by atoms with van der Waals surface area (Å²) >= 11 is 3.59. The van der Waals surface area contributed by atoms with Crippen LogP contribution in [0.15, 0.2) is 59.2 Å². The summed E-state index contributed by atoms with van der Waals surface area (Å²) in [6.07, 6.45) is 5.02. The molecule has 3 atom stereocenters. The topological polar surface area (TPSA) is 67.2 Å². The second-order valence-corrected chi connectivity index (χ2v) is 8.93. The lowest BCUT2D eigenvalue weighted by atomic mass is 10.0. The second-order valence-electron chi connectivity index (χ2n) is 8.02. The smallest absolute Gasteiger partial charge is 0.140 e. The number of hydrogen-bond acceptors (Lipinski definition) is 4. The highest BCUT2D eigenvalue weighted by molar-refractivity contribution is 9.10. The van der Waals surface area contributed by atoms with Crippen molar-refractivity contribution in [2.75, 3.05) is 13.1 Å². The first-order valence-corrected chi connectivity index (χ1v) is 11.0. The first kappa shape index (κ1) is 18.9. The van der Waals surface area contributed by atoms with E-state index in [2.05, 4.69) is 61.4 Å². The average Bonchev–Trinajstić information content (AvgIpc) is 3.38. The predicted molar refractivity (Wildman–Crippen MR) is 118 cm³/mol. The van der Waals surface area contributed by atoms with Crippen LogP contribution < -0.4 is 10.5 Å². The van der Waals surface area contributed by atoms with Gasteiger partial charge in [-0.25, -0.2) is 0 Å². The van der Waals surface area contributed by atoms with Crippen LogP contribution in [0.5, 0.6) is 5.75 Å². The molecule has 5 nitrogen and oxygen atoms in total. The summed E-state index contributed by atoms with van der Waals surface area (Å²) in [4.78, 5) is 2.54. The van der Waals surface area contributed by atoms with Crippen LogP contribution in [0.2, 0.25) is 0 Å². The minimum Gasteiger partial charge on any atom is -0.483 e. The van der Waals surface area contributed by atoms with Gasteiger partial charge in [-0.05, 0) is 61.2 Å². The van der Waals surface area contributed by atoms with Crippen LogP contribution in [0.4, 0.5) is 0 Å². The molecule has 1 fully saturated rings. The van der Waals surface area contributed by atoms with E-state index in [1.807, 2.05) is 18.2 Å². The van der Waals surface area contributed by atoms with E-state index in [9.17, 15) is 0 Å². The van der Waals surface area contributed by atoms with Gasteiger partial charge in [-0.3, -0.25) is 10.00 Å². The number of halogens is 1. The summed E-state index contributed by atoms with van der Waals surface area (Å²) in [7, 11) is 0. The van der Waals surface area contributed by atoms with Gasteiger partial charge in [-0.2, -0.15) is 5.10 Å². The highest BCUT2D eigenvalue weighted by Gasteiger charge is 2.39. The third-order valence-electron chi connectivity index (χ3n) is 6.08. The highest BCUT2D eigenvalue weighted by Crippen LogP contribution is 2.41. The lowest BCUT2D eigenvalue weighted by molar-refractivity contribution is 0.0596. The predicted octanol–water partition coefficient (Wildman–Crippen LogP) is 4.31. The summed E-state index contributed by atoms with van der Waals surface area (Å²) in [5, 5.41) is 7.18. The van der Waals surface area contributed by atoms with E-state index >= 15 is 0 Å². The Morgan fingerprint density at radius 3 is 2.90 bits per heavy atom. The molecule has 0 unspecified atom stereocenters. The standard InChI is InChI=1S/C23H25BrN4O/c24-16-7-8-22(19(13-16)20-9-10-26-27-20)29-23-18-6-2-1-4-15(18)12-21(23)28-11-3-5-17(25)14-28/h1-2,4,6-10,13,17,21,23H,3,5,11-12,14,25H2,(H,26,27)/t17-,21-,23+/m1/s1. The molecule has 5 rings (SSSR count). The molecule has 150 valence electrons. The zero-order chi connectivity index (χ0) is 19.8. The summed E-state index contributed by atoms with van der Waals surface area (Å²) in [6, 6.07) is 17.3. The molecule has 1 saturated heterocycles. The van der Waals surface area contributed by atoms with Crippen molar-refractivity contribution >= 4 is 15.9 Å². The van der Waals surface area contributed by atoms with Crippen molar-refractivity contribution in [3.8, 4) is 17.0 Å². The third kappa shape index (κ3) is 3.72. The molecule has 3 N–H and O–H groups in total. The molecular weight excluding hydrogens is 428 g/mol. The Morgan fingerprint density at radius 1 is 1.17 bits per heavy atom. The number of piperidine rings is 1. The minimum atomic E-state index is -0.0145. The highest BCUT2D eigenvalue weighted by atomic mass is 79.9. The van der Waals surface area contributed by atoms with E-state index < -0.39 is 0 Å². The molecule has 0 amide bonds. The first-order valence-electron chi connectivity index (χ1n) is 10.2. The Labute approximate surface area is 179 Å². The lowest BCUT2D eigenvalue weighted by Gasteiger charge is -2.38. The Bertz CT molecular complexity index is 990. The van der Waals surface area contributed by atoms with Gasteiger partial charge < -0.3 is 10.5 Å². The van der Waals surface area contributed by atoms with Crippen LogP contribution in [0.3, 0.4) is 0 Å². The molecule has 0 bridgehead atoms. The average molecular weight is 453 g/mol. The van der Waals surface area contributed by atoms with E-state index in [1.54, 1.807) is 6.20 Å². The Kier molecular flexibility index (Phi) is 5.16. The van der Waals surface area contributed by atoms with Crippen LogP contribution in [0, 0.1) is 0 Å². The number of benzene rings is 2. The SMILES string of the molecule is N[C@@H]1CCCN([C@@H]2Cc3ccccc3[C@@H]2Oc2ccc(Br)cc2-c2ccn[nH]2)C1. The van der Waals surface area contributed by atoms with Gasteiger partial charge in [0.05, 0.1) is 11.7 Å². The van der Waals surface area contributed by atoms with Crippen LogP contribution in [-0.2, 0) is 6.42 Å². The Balaban J connectivity index is 1.51. The van der Waals surface area contributed by atoms with Crippen molar-refractivity contribution in [2.45, 2.75) is 37.5 Å². The van der Waals surface area contributed by atoms with Gasteiger partial charge in [0.2, 0.25) is 0 Å². The van der Waals surface area contributed by atoms with Crippen LogP contribution in [-0.4, -0.2) is 40.3 Å². The number of fused-ring (bicyclic) bond motifs is 1. The Hall–Kier alpha value is -2.15. The number of nitrogens with one attached hydrogen (secondary N) is 1. The van der Waals surface area contributed by atoms with Crippen LogP contribution in [0.25, 0.3) is 11.3 Å². The molecule has 3 aromatic rings. The normalized spacial score (nSPS) is 24.4. The maximum absolute atomic E-state index is 6.76. The molecule has 6 heteroatoms. The number of rotatable bonds is 4. The fraction of sp³-hybridized carbons (Fsp3) is 0.348. The molecule has 1 aliphatic carbocycles. The van der Waals surface area contributed by atoms with Crippen molar-refractivity contribution in [1.82, 2.24) is 15.1 Å². The summed E-state index contributed by atoms with van der Waals surface area (Å²) in [5.41, 5.74) is 10.9. The van der Waals surface area contributed by atoms with Gasteiger partial charge in [0.25, 0.3) is 0 Å². The fourth-order valence-corrected chi connectivity index (χ4v) is 5.06. The van der Waals surface area contributed by atoms with Gasteiger partial charge in [-0.15, -0.1) is 0 Å². The lowest BCUT2D eigenvalue weighted by Crippen LogP contribution is -2.49. The third-order valence-corrected chi connectivity index (χ3v) is 6.58. The number of hydrogen-bond donors (Lipinski definition) is 2. The van der Waals surface area contributed by atoms with Gasteiger partial charge in [-0.1, -0.05) is 40.2 Å². The molecule has 0 spiro atoms.